The summed E-state index contributed by atoms with van der Waals surface area (Å²) < 4.78 is 4.97. The van der Waals surface area contributed by atoms with Gasteiger partial charge in [0.1, 0.15) is 11.8 Å². The molecule has 1 unspecified atom stereocenters. The van der Waals surface area contributed by atoms with Gasteiger partial charge >= 0.3 is 5.97 Å². The highest BCUT2D eigenvalue weighted by Gasteiger charge is 2.26. The molecule has 18 heavy (non-hydrogen) atoms. The van der Waals surface area contributed by atoms with Crippen LogP contribution in [0.2, 0.25) is 0 Å². The molecule has 0 bridgehead atoms. The first-order chi connectivity index (χ1) is 8.38. The molecule has 1 rings (SSSR count). The van der Waals surface area contributed by atoms with Crippen molar-refractivity contribution >= 4 is 11.9 Å². The van der Waals surface area contributed by atoms with Crippen molar-refractivity contribution in [3.8, 4) is 0 Å². The van der Waals surface area contributed by atoms with Crippen molar-refractivity contribution < 1.29 is 19.2 Å². The van der Waals surface area contributed by atoms with Crippen LogP contribution in [0.25, 0.3) is 0 Å². The summed E-state index contributed by atoms with van der Waals surface area (Å²) in [5, 5.41) is 12.8. The van der Waals surface area contributed by atoms with Crippen molar-refractivity contribution in [3.63, 3.8) is 0 Å². The van der Waals surface area contributed by atoms with Crippen LogP contribution in [-0.4, -0.2) is 40.1 Å². The second-order valence-electron chi connectivity index (χ2n) is 4.25. The van der Waals surface area contributed by atoms with Crippen LogP contribution in [0.15, 0.2) is 4.52 Å². The van der Waals surface area contributed by atoms with E-state index in [0.29, 0.717) is 17.9 Å². The Morgan fingerprint density at radius 2 is 2.06 bits per heavy atom. The van der Waals surface area contributed by atoms with Gasteiger partial charge in [0.25, 0.3) is 0 Å². The van der Waals surface area contributed by atoms with Crippen molar-refractivity contribution in [3.05, 3.63) is 17.0 Å². The van der Waals surface area contributed by atoms with Gasteiger partial charge in [-0.05, 0) is 20.3 Å². The van der Waals surface area contributed by atoms with Crippen molar-refractivity contribution in [2.24, 2.45) is 0 Å². The van der Waals surface area contributed by atoms with Gasteiger partial charge in [0.2, 0.25) is 5.91 Å². The van der Waals surface area contributed by atoms with Crippen LogP contribution in [0.5, 0.6) is 0 Å². The molecule has 0 aromatic carbocycles. The second kappa shape index (κ2) is 5.66. The molecule has 0 radical (unpaired) electrons. The fourth-order valence-electron chi connectivity index (χ4n) is 1.82. The number of hydrogen-bond acceptors (Lipinski definition) is 4. The number of carboxylic acids is 1. The van der Waals surface area contributed by atoms with Gasteiger partial charge < -0.3 is 14.5 Å². The number of carbonyl (C=O) groups excluding carboxylic acids is 1. The first-order valence-electron chi connectivity index (χ1n) is 5.78. The predicted molar refractivity (Wildman–Crippen MR) is 64.2 cm³/mol. The Morgan fingerprint density at radius 1 is 1.44 bits per heavy atom. The Balaban J connectivity index is 2.80. The Labute approximate surface area is 106 Å². The van der Waals surface area contributed by atoms with E-state index >= 15 is 0 Å². The summed E-state index contributed by atoms with van der Waals surface area (Å²) in [7, 11) is 1.50. The van der Waals surface area contributed by atoms with Gasteiger partial charge in [-0.2, -0.15) is 0 Å². The van der Waals surface area contributed by atoms with E-state index in [1.165, 1.54) is 11.9 Å². The summed E-state index contributed by atoms with van der Waals surface area (Å²) in [6.45, 7) is 5.23. The Kier molecular flexibility index (Phi) is 4.47. The van der Waals surface area contributed by atoms with E-state index in [1.54, 1.807) is 20.8 Å². The zero-order valence-corrected chi connectivity index (χ0v) is 11.1. The van der Waals surface area contributed by atoms with Crippen LogP contribution >= 0.6 is 0 Å². The fourth-order valence-corrected chi connectivity index (χ4v) is 1.82. The van der Waals surface area contributed by atoms with E-state index in [9.17, 15) is 9.59 Å². The molecule has 0 spiro atoms. The Hall–Kier alpha value is -1.85. The molecule has 0 fully saturated rings. The van der Waals surface area contributed by atoms with Gasteiger partial charge in [-0.1, -0.05) is 12.1 Å². The maximum absolute atomic E-state index is 12.0. The van der Waals surface area contributed by atoms with E-state index in [-0.39, 0.29) is 12.3 Å². The molecule has 0 aliphatic carbocycles. The molecule has 1 amide bonds. The third-order valence-corrected chi connectivity index (χ3v) is 3.04. The Bertz CT molecular complexity index is 433. The molecule has 0 aliphatic heterocycles. The number of likely N-dealkylation sites (N-methyl/N-ethyl adjacent to an activating group) is 1. The highest BCUT2D eigenvalue weighted by molar-refractivity contribution is 5.84. The van der Waals surface area contributed by atoms with Crippen LogP contribution in [0.3, 0.4) is 0 Å². The van der Waals surface area contributed by atoms with Crippen LogP contribution in [0.4, 0.5) is 0 Å². The third kappa shape index (κ3) is 2.88. The minimum atomic E-state index is -0.993. The molecule has 1 N–H and O–H groups in total. The third-order valence-electron chi connectivity index (χ3n) is 3.04. The monoisotopic (exact) mass is 254 g/mol. The Morgan fingerprint density at radius 3 is 2.44 bits per heavy atom. The first-order valence-corrected chi connectivity index (χ1v) is 5.78. The lowest BCUT2D eigenvalue weighted by Gasteiger charge is -2.23. The number of aromatic nitrogens is 1. The van der Waals surface area contributed by atoms with E-state index in [2.05, 4.69) is 5.16 Å². The minimum absolute atomic E-state index is 0.113. The summed E-state index contributed by atoms with van der Waals surface area (Å²) in [6.07, 6.45) is 0.487. The molecule has 6 heteroatoms. The predicted octanol–water partition coefficient (Wildman–Crippen LogP) is 1.16. The molecule has 0 saturated carbocycles. The lowest BCUT2D eigenvalue weighted by molar-refractivity contribution is -0.148. The van der Waals surface area contributed by atoms with E-state index < -0.39 is 12.0 Å². The quantitative estimate of drug-likeness (QED) is 0.852. The van der Waals surface area contributed by atoms with Crippen LogP contribution in [-0.2, 0) is 16.0 Å². The molecule has 0 aliphatic rings. The summed E-state index contributed by atoms with van der Waals surface area (Å²) in [5.41, 5.74) is 1.39. The van der Waals surface area contributed by atoms with Crippen LogP contribution in [0.1, 0.15) is 30.4 Å². The first kappa shape index (κ1) is 14.2. The van der Waals surface area contributed by atoms with Gasteiger partial charge in [0.05, 0.1) is 12.1 Å². The number of aryl methyl sites for hydroxylation is 2. The molecular weight excluding hydrogens is 236 g/mol. The molecule has 1 atom stereocenters. The smallest absolute Gasteiger partial charge is 0.326 e. The van der Waals surface area contributed by atoms with Crippen molar-refractivity contribution in [1.29, 1.82) is 0 Å². The van der Waals surface area contributed by atoms with Gasteiger partial charge in [-0.25, -0.2) is 4.79 Å². The van der Waals surface area contributed by atoms with Gasteiger partial charge in [0, 0.05) is 12.6 Å². The summed E-state index contributed by atoms with van der Waals surface area (Å²) in [6, 6.07) is -0.794. The van der Waals surface area contributed by atoms with Gasteiger partial charge in [-0.3, -0.25) is 4.79 Å². The van der Waals surface area contributed by atoms with Crippen molar-refractivity contribution in [2.75, 3.05) is 7.05 Å². The normalized spacial score (nSPS) is 12.2. The number of aliphatic carboxylic acids is 1. The molecule has 100 valence electrons. The standard InChI is InChI=1S/C12H18N2O4/c1-5-10(12(16)17)14(4)11(15)6-9-7(2)13-18-8(9)3/h10H,5-6H2,1-4H3,(H,16,17). The summed E-state index contributed by atoms with van der Waals surface area (Å²) >= 11 is 0. The van der Waals surface area contributed by atoms with E-state index in [0.717, 1.165) is 5.56 Å². The molecule has 6 nitrogen and oxygen atoms in total. The molecule has 0 saturated heterocycles. The molecular formula is C12H18N2O4. The number of carbonyl (C=O) groups is 2. The fraction of sp³-hybridized carbons (Fsp3) is 0.583. The second-order valence-corrected chi connectivity index (χ2v) is 4.25. The average molecular weight is 254 g/mol. The minimum Gasteiger partial charge on any atom is -0.480 e. The topological polar surface area (TPSA) is 83.6 Å². The lowest BCUT2D eigenvalue weighted by Crippen LogP contribution is -2.42. The largest absolute Gasteiger partial charge is 0.480 e. The van der Waals surface area contributed by atoms with Crippen molar-refractivity contribution in [2.45, 2.75) is 39.7 Å². The maximum atomic E-state index is 12.0. The number of amides is 1. The van der Waals surface area contributed by atoms with Crippen molar-refractivity contribution in [1.82, 2.24) is 10.1 Å². The number of nitrogens with zero attached hydrogens (tertiary/aromatic N) is 2. The van der Waals surface area contributed by atoms with Gasteiger partial charge in [0.15, 0.2) is 0 Å². The lowest BCUT2D eigenvalue weighted by atomic mass is 10.1. The number of carboxylic acid groups (broad SMARTS) is 1. The number of hydrogen-bond donors (Lipinski definition) is 1. The summed E-state index contributed by atoms with van der Waals surface area (Å²) in [5.74, 6) is -0.650. The molecule has 1 aromatic rings. The SMILES string of the molecule is CCC(C(=O)O)N(C)C(=O)Cc1c(C)noc1C. The zero-order chi connectivity index (χ0) is 13.9. The summed E-state index contributed by atoms with van der Waals surface area (Å²) in [4.78, 5) is 24.3. The maximum Gasteiger partial charge on any atom is 0.326 e. The average Bonchev–Trinajstić information content (AvgIpc) is 2.61. The molecule has 1 heterocycles. The highest BCUT2D eigenvalue weighted by Crippen LogP contribution is 2.15. The van der Waals surface area contributed by atoms with E-state index in [1.807, 2.05) is 0 Å². The molecule has 1 aromatic heterocycles. The van der Waals surface area contributed by atoms with Gasteiger partial charge in [-0.15, -0.1) is 0 Å². The number of rotatable bonds is 5. The van der Waals surface area contributed by atoms with E-state index in [4.69, 9.17) is 9.63 Å². The highest BCUT2D eigenvalue weighted by atomic mass is 16.5. The van der Waals surface area contributed by atoms with Crippen LogP contribution < -0.4 is 0 Å². The van der Waals surface area contributed by atoms with Crippen LogP contribution in [0, 0.1) is 13.8 Å². The zero-order valence-electron chi connectivity index (χ0n) is 11.1.